The topological polar surface area (TPSA) is 51.8 Å². The summed E-state index contributed by atoms with van der Waals surface area (Å²) in [6.45, 7) is 0. The Morgan fingerprint density at radius 2 is 2.27 bits per heavy atom. The molecule has 0 aromatic carbocycles. The van der Waals surface area contributed by atoms with E-state index in [9.17, 15) is 0 Å². The minimum atomic E-state index is 0.316. The summed E-state index contributed by atoms with van der Waals surface area (Å²) in [6, 6.07) is 0. The van der Waals surface area contributed by atoms with Gasteiger partial charge in [-0.15, -0.1) is 0 Å². The van der Waals surface area contributed by atoms with Crippen LogP contribution in [0.15, 0.2) is 6.20 Å². The fourth-order valence-corrected chi connectivity index (χ4v) is 1.28. The van der Waals surface area contributed by atoms with Gasteiger partial charge in [0.15, 0.2) is 0 Å². The maximum Gasteiger partial charge on any atom is 0.220 e. The fraction of sp³-hybridized carbons (Fsp3) is 0.429. The van der Waals surface area contributed by atoms with Crippen molar-refractivity contribution in [1.82, 2.24) is 9.97 Å². The third kappa shape index (κ3) is 1.28. The summed E-state index contributed by atoms with van der Waals surface area (Å²) in [7, 11) is 0. The minimum Gasteiger partial charge on any atom is -0.368 e. The molecule has 1 saturated carbocycles. The van der Waals surface area contributed by atoms with Gasteiger partial charge in [-0.25, -0.2) is 9.97 Å². The van der Waals surface area contributed by atoms with Crippen molar-refractivity contribution in [3.63, 3.8) is 0 Å². The molecular formula is C7H8ClN3. The van der Waals surface area contributed by atoms with Gasteiger partial charge in [0.1, 0.15) is 0 Å². The number of nitrogen functional groups attached to an aromatic ring is 1. The highest BCUT2D eigenvalue weighted by Crippen LogP contribution is 2.41. The maximum atomic E-state index is 5.85. The highest BCUT2D eigenvalue weighted by atomic mass is 35.5. The number of anilines is 1. The number of nitrogens with two attached hydrogens (primary N) is 1. The molecule has 0 unspecified atom stereocenters. The molecule has 1 aromatic rings. The third-order valence-electron chi connectivity index (χ3n) is 1.75. The van der Waals surface area contributed by atoms with E-state index < -0.39 is 0 Å². The standard InChI is InChI=1S/C7H8ClN3/c8-5-3-10-7(9)11-6(5)4-1-2-4/h3-4H,1-2H2,(H2,9,10,11). The molecule has 1 heterocycles. The first-order chi connectivity index (χ1) is 5.27. The van der Waals surface area contributed by atoms with E-state index in [1.165, 1.54) is 12.8 Å². The molecule has 4 heteroatoms. The zero-order valence-electron chi connectivity index (χ0n) is 5.92. The van der Waals surface area contributed by atoms with Gasteiger partial charge in [-0.3, -0.25) is 0 Å². The molecule has 1 aliphatic rings. The van der Waals surface area contributed by atoms with Crippen LogP contribution in [0, 0.1) is 0 Å². The number of aromatic nitrogens is 2. The van der Waals surface area contributed by atoms with Crippen LogP contribution in [0.2, 0.25) is 5.02 Å². The van der Waals surface area contributed by atoms with Gasteiger partial charge in [0, 0.05) is 5.92 Å². The minimum absolute atomic E-state index is 0.316. The zero-order chi connectivity index (χ0) is 7.84. The SMILES string of the molecule is Nc1ncc(Cl)c(C2CC2)n1. The van der Waals surface area contributed by atoms with Crippen LogP contribution in [0.3, 0.4) is 0 Å². The molecule has 0 bridgehead atoms. The van der Waals surface area contributed by atoms with Crippen molar-refractivity contribution in [2.45, 2.75) is 18.8 Å². The zero-order valence-corrected chi connectivity index (χ0v) is 6.67. The van der Waals surface area contributed by atoms with Crippen LogP contribution in [-0.2, 0) is 0 Å². The molecule has 2 rings (SSSR count). The van der Waals surface area contributed by atoms with Crippen LogP contribution in [0.5, 0.6) is 0 Å². The van der Waals surface area contributed by atoms with Crippen LogP contribution in [-0.4, -0.2) is 9.97 Å². The van der Waals surface area contributed by atoms with E-state index in [0.717, 1.165) is 5.69 Å². The molecule has 1 aromatic heterocycles. The third-order valence-corrected chi connectivity index (χ3v) is 2.05. The Hall–Kier alpha value is -0.830. The second kappa shape index (κ2) is 2.34. The fourth-order valence-electron chi connectivity index (χ4n) is 1.04. The van der Waals surface area contributed by atoms with Gasteiger partial charge < -0.3 is 5.73 Å². The average Bonchev–Trinajstić information content (AvgIpc) is 2.76. The molecule has 11 heavy (non-hydrogen) atoms. The Morgan fingerprint density at radius 3 is 2.91 bits per heavy atom. The van der Waals surface area contributed by atoms with E-state index in [2.05, 4.69) is 9.97 Å². The molecule has 58 valence electrons. The van der Waals surface area contributed by atoms with Crippen molar-refractivity contribution in [2.75, 3.05) is 5.73 Å². The summed E-state index contributed by atoms with van der Waals surface area (Å²) in [5, 5.41) is 0.640. The second-order valence-corrected chi connectivity index (χ2v) is 3.14. The van der Waals surface area contributed by atoms with Gasteiger partial charge >= 0.3 is 0 Å². The molecule has 0 spiro atoms. The van der Waals surface area contributed by atoms with E-state index in [1.54, 1.807) is 6.20 Å². The van der Waals surface area contributed by atoms with Gasteiger partial charge in [-0.05, 0) is 12.8 Å². The lowest BCUT2D eigenvalue weighted by Gasteiger charge is -1.99. The predicted molar refractivity (Wildman–Crippen MR) is 43.4 cm³/mol. The molecule has 0 amide bonds. The summed E-state index contributed by atoms with van der Waals surface area (Å²) >= 11 is 5.85. The Balaban J connectivity index is 2.42. The van der Waals surface area contributed by atoms with Crippen LogP contribution in [0.25, 0.3) is 0 Å². The Labute approximate surface area is 69.6 Å². The van der Waals surface area contributed by atoms with Gasteiger partial charge in [-0.2, -0.15) is 0 Å². The van der Waals surface area contributed by atoms with E-state index in [4.69, 9.17) is 17.3 Å². The smallest absolute Gasteiger partial charge is 0.220 e. The summed E-state index contributed by atoms with van der Waals surface area (Å²) in [6.07, 6.45) is 3.92. The van der Waals surface area contributed by atoms with E-state index >= 15 is 0 Å². The Morgan fingerprint density at radius 1 is 1.55 bits per heavy atom. The molecular weight excluding hydrogens is 162 g/mol. The van der Waals surface area contributed by atoms with Crippen LogP contribution in [0.1, 0.15) is 24.5 Å². The molecule has 0 aliphatic heterocycles. The van der Waals surface area contributed by atoms with Crippen LogP contribution in [0.4, 0.5) is 5.95 Å². The molecule has 0 atom stereocenters. The van der Waals surface area contributed by atoms with E-state index in [-0.39, 0.29) is 0 Å². The van der Waals surface area contributed by atoms with E-state index in [1.807, 2.05) is 0 Å². The second-order valence-electron chi connectivity index (χ2n) is 2.74. The summed E-state index contributed by atoms with van der Waals surface area (Å²) in [4.78, 5) is 7.85. The van der Waals surface area contributed by atoms with Crippen molar-refractivity contribution >= 4 is 17.5 Å². The van der Waals surface area contributed by atoms with Crippen molar-refractivity contribution < 1.29 is 0 Å². The van der Waals surface area contributed by atoms with Crippen molar-refractivity contribution in [3.05, 3.63) is 16.9 Å². The lowest BCUT2D eigenvalue weighted by molar-refractivity contribution is 0.998. The first kappa shape index (κ1) is 6.85. The van der Waals surface area contributed by atoms with Crippen molar-refractivity contribution in [3.8, 4) is 0 Å². The van der Waals surface area contributed by atoms with Crippen molar-refractivity contribution in [2.24, 2.45) is 0 Å². The maximum absolute atomic E-state index is 5.85. The monoisotopic (exact) mass is 169 g/mol. The van der Waals surface area contributed by atoms with Crippen LogP contribution < -0.4 is 5.73 Å². The number of hydrogen-bond donors (Lipinski definition) is 1. The summed E-state index contributed by atoms with van der Waals surface area (Å²) in [5.74, 6) is 0.851. The first-order valence-corrected chi connectivity index (χ1v) is 3.93. The van der Waals surface area contributed by atoms with Gasteiger partial charge in [-0.1, -0.05) is 11.6 Å². The molecule has 3 nitrogen and oxygen atoms in total. The largest absolute Gasteiger partial charge is 0.368 e. The number of nitrogens with zero attached hydrogens (tertiary/aromatic N) is 2. The number of hydrogen-bond acceptors (Lipinski definition) is 3. The van der Waals surface area contributed by atoms with Crippen molar-refractivity contribution in [1.29, 1.82) is 0 Å². The normalized spacial score (nSPS) is 16.8. The molecule has 2 N–H and O–H groups in total. The molecule has 1 fully saturated rings. The van der Waals surface area contributed by atoms with Gasteiger partial charge in [0.2, 0.25) is 5.95 Å². The molecule has 0 radical (unpaired) electrons. The van der Waals surface area contributed by atoms with E-state index in [0.29, 0.717) is 16.9 Å². The summed E-state index contributed by atoms with van der Waals surface area (Å²) < 4.78 is 0. The number of rotatable bonds is 1. The first-order valence-electron chi connectivity index (χ1n) is 3.55. The highest BCUT2D eigenvalue weighted by molar-refractivity contribution is 6.31. The van der Waals surface area contributed by atoms with Crippen LogP contribution >= 0.6 is 11.6 Å². The van der Waals surface area contributed by atoms with Gasteiger partial charge in [0.05, 0.1) is 16.9 Å². The average molecular weight is 170 g/mol. The Bertz CT molecular complexity index is 283. The number of halogens is 1. The lowest BCUT2D eigenvalue weighted by atomic mass is 10.3. The highest BCUT2D eigenvalue weighted by Gasteiger charge is 2.27. The Kier molecular flexibility index (Phi) is 1.46. The molecule has 1 aliphatic carbocycles. The predicted octanol–water partition coefficient (Wildman–Crippen LogP) is 1.59. The lowest BCUT2D eigenvalue weighted by Crippen LogP contribution is -1.98. The summed E-state index contributed by atoms with van der Waals surface area (Å²) in [5.41, 5.74) is 6.33. The quantitative estimate of drug-likeness (QED) is 0.695. The molecule has 0 saturated heterocycles. The van der Waals surface area contributed by atoms with Gasteiger partial charge in [0.25, 0.3) is 0 Å².